The highest BCUT2D eigenvalue weighted by atomic mass is 16.1. The smallest absolute Gasteiger partial charge is 0.133 e. The molecule has 1 aliphatic carbocycles. The first-order valence-corrected chi connectivity index (χ1v) is 7.00. The third kappa shape index (κ3) is 3.91. The van der Waals surface area contributed by atoms with Crippen LogP contribution >= 0.6 is 0 Å². The Balaban J connectivity index is 1.97. The standard InChI is InChI=1S/C14H22N4O/c1-3-8-18(2)14-9-13(15-10-16-14)17-11-4-6-12(19)7-5-11/h9-11H,3-8H2,1-2H3,(H,15,16,17). The van der Waals surface area contributed by atoms with E-state index in [0.717, 1.165) is 37.4 Å². The molecule has 0 aliphatic heterocycles. The van der Waals surface area contributed by atoms with Crippen molar-refractivity contribution in [1.82, 2.24) is 9.97 Å². The van der Waals surface area contributed by atoms with E-state index in [2.05, 4.69) is 27.1 Å². The van der Waals surface area contributed by atoms with E-state index < -0.39 is 0 Å². The number of rotatable bonds is 5. The number of hydrogen-bond acceptors (Lipinski definition) is 5. The first kappa shape index (κ1) is 13.8. The van der Waals surface area contributed by atoms with Gasteiger partial charge in [0, 0.05) is 38.5 Å². The van der Waals surface area contributed by atoms with Gasteiger partial charge in [-0.1, -0.05) is 6.92 Å². The molecule has 1 aromatic heterocycles. The van der Waals surface area contributed by atoms with Crippen LogP contribution in [-0.4, -0.2) is 35.4 Å². The molecule has 0 aromatic carbocycles. The number of nitrogens with zero attached hydrogens (tertiary/aromatic N) is 3. The van der Waals surface area contributed by atoms with Gasteiger partial charge >= 0.3 is 0 Å². The van der Waals surface area contributed by atoms with Crippen LogP contribution in [0, 0.1) is 0 Å². The molecule has 5 nitrogen and oxygen atoms in total. The average Bonchev–Trinajstić information content (AvgIpc) is 2.42. The fourth-order valence-corrected chi connectivity index (χ4v) is 2.38. The lowest BCUT2D eigenvalue weighted by Crippen LogP contribution is -2.27. The quantitative estimate of drug-likeness (QED) is 0.882. The highest BCUT2D eigenvalue weighted by Crippen LogP contribution is 2.20. The molecule has 1 aromatic rings. The van der Waals surface area contributed by atoms with Crippen LogP contribution in [0.2, 0.25) is 0 Å². The van der Waals surface area contributed by atoms with Crippen molar-refractivity contribution >= 4 is 17.4 Å². The van der Waals surface area contributed by atoms with Crippen LogP contribution in [0.15, 0.2) is 12.4 Å². The number of aromatic nitrogens is 2. The molecular weight excluding hydrogens is 240 g/mol. The predicted molar refractivity (Wildman–Crippen MR) is 76.5 cm³/mol. The zero-order chi connectivity index (χ0) is 13.7. The van der Waals surface area contributed by atoms with Crippen LogP contribution in [0.1, 0.15) is 39.0 Å². The molecule has 2 rings (SSSR count). The molecule has 5 heteroatoms. The Kier molecular flexibility index (Phi) is 4.71. The molecular formula is C14H22N4O. The second kappa shape index (κ2) is 6.50. The van der Waals surface area contributed by atoms with Crippen molar-refractivity contribution in [2.24, 2.45) is 0 Å². The van der Waals surface area contributed by atoms with Crippen molar-refractivity contribution in [3.8, 4) is 0 Å². The third-order valence-electron chi connectivity index (χ3n) is 3.50. The Hall–Kier alpha value is -1.65. The van der Waals surface area contributed by atoms with Crippen molar-refractivity contribution in [2.75, 3.05) is 23.8 Å². The van der Waals surface area contributed by atoms with Gasteiger partial charge < -0.3 is 10.2 Å². The summed E-state index contributed by atoms with van der Waals surface area (Å²) in [6.07, 6.45) is 5.87. The number of nitrogens with one attached hydrogen (secondary N) is 1. The minimum atomic E-state index is 0.358. The summed E-state index contributed by atoms with van der Waals surface area (Å²) in [4.78, 5) is 21.9. The molecule has 0 saturated heterocycles. The Morgan fingerprint density at radius 2 is 2.11 bits per heavy atom. The SMILES string of the molecule is CCCN(C)c1cc(NC2CCC(=O)CC2)ncn1. The normalized spacial score (nSPS) is 16.4. The molecule has 0 bridgehead atoms. The van der Waals surface area contributed by atoms with Crippen LogP contribution in [0.4, 0.5) is 11.6 Å². The maximum absolute atomic E-state index is 11.2. The molecule has 1 heterocycles. The minimum Gasteiger partial charge on any atom is -0.367 e. The highest BCUT2D eigenvalue weighted by Gasteiger charge is 2.18. The van der Waals surface area contributed by atoms with E-state index in [1.807, 2.05) is 13.1 Å². The molecule has 0 atom stereocenters. The molecule has 104 valence electrons. The van der Waals surface area contributed by atoms with Crippen LogP contribution in [0.3, 0.4) is 0 Å². The van der Waals surface area contributed by atoms with Crippen molar-refractivity contribution in [3.63, 3.8) is 0 Å². The molecule has 1 N–H and O–H groups in total. The summed E-state index contributed by atoms with van der Waals surface area (Å²) in [7, 11) is 2.04. The fraction of sp³-hybridized carbons (Fsp3) is 0.643. The summed E-state index contributed by atoms with van der Waals surface area (Å²) in [6.45, 7) is 3.13. The van der Waals surface area contributed by atoms with Crippen molar-refractivity contribution in [2.45, 2.75) is 45.1 Å². The maximum Gasteiger partial charge on any atom is 0.133 e. The van der Waals surface area contributed by atoms with E-state index in [4.69, 9.17) is 0 Å². The Morgan fingerprint density at radius 1 is 1.37 bits per heavy atom. The largest absolute Gasteiger partial charge is 0.367 e. The number of carbonyl (C=O) groups is 1. The van der Waals surface area contributed by atoms with Gasteiger partial charge in [0.15, 0.2) is 0 Å². The molecule has 1 fully saturated rings. The molecule has 19 heavy (non-hydrogen) atoms. The van der Waals surface area contributed by atoms with Gasteiger partial charge in [-0.2, -0.15) is 0 Å². The number of Topliss-reactive ketones (excluding diaryl/α,β-unsaturated/α-hetero) is 1. The maximum atomic E-state index is 11.2. The third-order valence-corrected chi connectivity index (χ3v) is 3.50. The van der Waals surface area contributed by atoms with Gasteiger partial charge in [0.05, 0.1) is 0 Å². The zero-order valence-electron chi connectivity index (χ0n) is 11.7. The first-order chi connectivity index (χ1) is 9.19. The Morgan fingerprint density at radius 3 is 2.79 bits per heavy atom. The number of anilines is 2. The van der Waals surface area contributed by atoms with Gasteiger partial charge in [0.1, 0.15) is 23.7 Å². The van der Waals surface area contributed by atoms with Crippen molar-refractivity contribution in [1.29, 1.82) is 0 Å². The lowest BCUT2D eigenvalue weighted by molar-refractivity contribution is -0.120. The first-order valence-electron chi connectivity index (χ1n) is 7.00. The monoisotopic (exact) mass is 262 g/mol. The highest BCUT2D eigenvalue weighted by molar-refractivity contribution is 5.79. The van der Waals surface area contributed by atoms with Crippen molar-refractivity contribution in [3.05, 3.63) is 12.4 Å². The van der Waals surface area contributed by atoms with Gasteiger partial charge in [-0.3, -0.25) is 4.79 Å². The molecule has 0 amide bonds. The summed E-state index contributed by atoms with van der Waals surface area (Å²) in [5.74, 6) is 2.17. The molecule has 1 saturated carbocycles. The summed E-state index contributed by atoms with van der Waals surface area (Å²) >= 11 is 0. The average molecular weight is 262 g/mol. The van der Waals surface area contributed by atoms with E-state index in [0.29, 0.717) is 24.7 Å². The van der Waals surface area contributed by atoms with Crippen LogP contribution < -0.4 is 10.2 Å². The van der Waals surface area contributed by atoms with E-state index in [-0.39, 0.29) is 0 Å². The molecule has 0 radical (unpaired) electrons. The lowest BCUT2D eigenvalue weighted by atomic mass is 9.94. The Bertz CT molecular complexity index is 425. The topological polar surface area (TPSA) is 58.1 Å². The van der Waals surface area contributed by atoms with E-state index in [1.54, 1.807) is 6.33 Å². The summed E-state index contributed by atoms with van der Waals surface area (Å²) in [6, 6.07) is 2.34. The van der Waals surface area contributed by atoms with E-state index >= 15 is 0 Å². The van der Waals surface area contributed by atoms with Gasteiger partial charge in [-0.15, -0.1) is 0 Å². The fourth-order valence-electron chi connectivity index (χ4n) is 2.38. The summed E-state index contributed by atoms with van der Waals surface area (Å²) < 4.78 is 0. The zero-order valence-corrected chi connectivity index (χ0v) is 11.7. The Labute approximate surface area is 114 Å². The van der Waals surface area contributed by atoms with Crippen molar-refractivity contribution < 1.29 is 4.79 Å². The predicted octanol–water partition coefficient (Wildman–Crippen LogP) is 2.25. The molecule has 0 spiro atoms. The van der Waals surface area contributed by atoms with Gasteiger partial charge in [0.25, 0.3) is 0 Å². The van der Waals surface area contributed by atoms with E-state index in [9.17, 15) is 4.79 Å². The molecule has 0 unspecified atom stereocenters. The minimum absolute atomic E-state index is 0.358. The second-order valence-electron chi connectivity index (χ2n) is 5.14. The van der Waals surface area contributed by atoms with Crippen LogP contribution in [-0.2, 0) is 4.79 Å². The lowest BCUT2D eigenvalue weighted by Gasteiger charge is -2.23. The van der Waals surface area contributed by atoms with Crippen LogP contribution in [0.5, 0.6) is 0 Å². The number of hydrogen-bond donors (Lipinski definition) is 1. The summed E-state index contributed by atoms with van der Waals surface area (Å²) in [5, 5.41) is 3.41. The second-order valence-corrected chi connectivity index (χ2v) is 5.14. The number of carbonyl (C=O) groups excluding carboxylic acids is 1. The molecule has 1 aliphatic rings. The summed E-state index contributed by atoms with van der Waals surface area (Å²) in [5.41, 5.74) is 0. The van der Waals surface area contributed by atoms with E-state index in [1.165, 1.54) is 0 Å². The van der Waals surface area contributed by atoms with Gasteiger partial charge in [-0.05, 0) is 19.3 Å². The van der Waals surface area contributed by atoms with Gasteiger partial charge in [-0.25, -0.2) is 9.97 Å². The van der Waals surface area contributed by atoms with Crippen LogP contribution in [0.25, 0.3) is 0 Å². The number of ketones is 1. The van der Waals surface area contributed by atoms with Gasteiger partial charge in [0.2, 0.25) is 0 Å².